The van der Waals surface area contributed by atoms with Crippen LogP contribution in [0.3, 0.4) is 0 Å². The average molecular weight is 415 g/mol. The average Bonchev–Trinajstić information content (AvgIpc) is 3.14. The highest BCUT2D eigenvalue weighted by Gasteiger charge is 2.22. The largest absolute Gasteiger partial charge is 0.396 e. The standard InChI is InChI=1S/C21H23ClN4O3/c1-4-10-26-18(15-7-5-6-8-16(15)22)13-25-12-17(23-19(25)21(26)29)20(28)24(3)14(2)9-11-27/h4-8,12-14,27H,1,9-11H2,2-3H3/t14-/m1/s1. The lowest BCUT2D eigenvalue weighted by Crippen LogP contribution is -2.35. The lowest BCUT2D eigenvalue weighted by Gasteiger charge is -2.23. The molecular formula is C21H23ClN4O3. The van der Waals surface area contributed by atoms with Crippen molar-refractivity contribution >= 4 is 23.2 Å². The Morgan fingerprint density at radius 2 is 2.10 bits per heavy atom. The molecule has 1 amide bonds. The molecule has 0 aliphatic rings. The minimum atomic E-state index is -0.340. The lowest BCUT2D eigenvalue weighted by atomic mass is 10.1. The van der Waals surface area contributed by atoms with Crippen LogP contribution in [0.15, 0.2) is 54.1 Å². The number of aliphatic hydroxyl groups is 1. The van der Waals surface area contributed by atoms with Gasteiger partial charge in [-0.25, -0.2) is 4.98 Å². The minimum Gasteiger partial charge on any atom is -0.396 e. The predicted molar refractivity (Wildman–Crippen MR) is 113 cm³/mol. The molecule has 0 bridgehead atoms. The SMILES string of the molecule is C=CCn1c(-c2ccccc2Cl)cn2cc(C(=O)N(C)[C@H](C)CCO)nc2c1=O. The van der Waals surface area contributed by atoms with E-state index < -0.39 is 0 Å². The maximum Gasteiger partial charge on any atom is 0.295 e. The number of hydrogen-bond acceptors (Lipinski definition) is 4. The molecule has 1 aromatic carbocycles. The quantitative estimate of drug-likeness (QED) is 0.603. The number of imidazole rings is 1. The molecule has 0 saturated carbocycles. The molecule has 0 unspecified atom stereocenters. The van der Waals surface area contributed by atoms with Crippen LogP contribution in [-0.2, 0) is 6.54 Å². The molecule has 0 fully saturated rings. The second-order valence-electron chi connectivity index (χ2n) is 6.83. The van der Waals surface area contributed by atoms with Crippen molar-refractivity contribution < 1.29 is 9.90 Å². The molecule has 1 atom stereocenters. The molecular weight excluding hydrogens is 392 g/mol. The minimum absolute atomic E-state index is 0.0165. The number of aliphatic hydroxyl groups excluding tert-OH is 1. The van der Waals surface area contributed by atoms with Gasteiger partial charge in [0, 0.05) is 49.2 Å². The van der Waals surface area contributed by atoms with Gasteiger partial charge in [-0.2, -0.15) is 0 Å². The summed E-state index contributed by atoms with van der Waals surface area (Å²) in [6.07, 6.45) is 5.36. The van der Waals surface area contributed by atoms with E-state index in [2.05, 4.69) is 11.6 Å². The van der Waals surface area contributed by atoms with Gasteiger partial charge < -0.3 is 10.0 Å². The van der Waals surface area contributed by atoms with E-state index in [1.807, 2.05) is 25.1 Å². The van der Waals surface area contributed by atoms with Gasteiger partial charge in [0.2, 0.25) is 5.65 Å². The molecule has 0 saturated heterocycles. The van der Waals surface area contributed by atoms with Crippen LogP contribution >= 0.6 is 11.6 Å². The maximum absolute atomic E-state index is 13.1. The van der Waals surface area contributed by atoms with Crippen molar-refractivity contribution in [2.24, 2.45) is 0 Å². The third kappa shape index (κ3) is 3.97. The zero-order chi connectivity index (χ0) is 21.1. The highest BCUT2D eigenvalue weighted by Crippen LogP contribution is 2.27. The number of fused-ring (bicyclic) bond motifs is 1. The second kappa shape index (κ2) is 8.63. The third-order valence-electron chi connectivity index (χ3n) is 4.93. The van der Waals surface area contributed by atoms with Crippen molar-refractivity contribution in [1.82, 2.24) is 18.9 Å². The van der Waals surface area contributed by atoms with E-state index in [9.17, 15) is 9.59 Å². The summed E-state index contributed by atoms with van der Waals surface area (Å²) in [6, 6.07) is 7.08. The first-order valence-corrected chi connectivity index (χ1v) is 9.63. The topological polar surface area (TPSA) is 79.8 Å². The molecule has 7 nitrogen and oxygen atoms in total. The summed E-state index contributed by atoms with van der Waals surface area (Å²) in [6.45, 7) is 5.83. The van der Waals surface area contributed by atoms with Gasteiger partial charge in [-0.15, -0.1) is 6.58 Å². The van der Waals surface area contributed by atoms with E-state index in [4.69, 9.17) is 16.7 Å². The number of carbonyl (C=O) groups excluding carboxylic acids is 1. The molecule has 3 rings (SSSR count). The summed E-state index contributed by atoms with van der Waals surface area (Å²) in [7, 11) is 1.65. The predicted octanol–water partition coefficient (Wildman–Crippen LogP) is 2.85. The molecule has 152 valence electrons. The second-order valence-corrected chi connectivity index (χ2v) is 7.24. The first-order valence-electron chi connectivity index (χ1n) is 9.25. The van der Waals surface area contributed by atoms with Gasteiger partial charge in [0.1, 0.15) is 5.69 Å². The normalized spacial score (nSPS) is 12.1. The number of nitrogens with zero attached hydrogens (tertiary/aromatic N) is 4. The zero-order valence-electron chi connectivity index (χ0n) is 16.4. The smallest absolute Gasteiger partial charge is 0.295 e. The van der Waals surface area contributed by atoms with Gasteiger partial charge >= 0.3 is 0 Å². The third-order valence-corrected chi connectivity index (χ3v) is 5.26. The number of halogens is 1. The fourth-order valence-electron chi connectivity index (χ4n) is 3.14. The van der Waals surface area contributed by atoms with Crippen molar-refractivity contribution in [1.29, 1.82) is 0 Å². The van der Waals surface area contributed by atoms with Crippen LogP contribution in [0.1, 0.15) is 23.8 Å². The molecule has 0 aliphatic carbocycles. The van der Waals surface area contributed by atoms with E-state index in [0.29, 0.717) is 22.7 Å². The molecule has 0 radical (unpaired) electrons. The Morgan fingerprint density at radius 1 is 1.38 bits per heavy atom. The highest BCUT2D eigenvalue weighted by atomic mass is 35.5. The molecule has 0 aliphatic heterocycles. The van der Waals surface area contributed by atoms with Gasteiger partial charge in [0.15, 0.2) is 0 Å². The molecule has 0 spiro atoms. The van der Waals surface area contributed by atoms with Crippen molar-refractivity contribution in [2.75, 3.05) is 13.7 Å². The van der Waals surface area contributed by atoms with E-state index in [-0.39, 0.29) is 42.0 Å². The number of hydrogen-bond donors (Lipinski definition) is 1. The van der Waals surface area contributed by atoms with Crippen LogP contribution < -0.4 is 5.56 Å². The summed E-state index contributed by atoms with van der Waals surface area (Å²) >= 11 is 6.35. The van der Waals surface area contributed by atoms with Gasteiger partial charge in [-0.1, -0.05) is 35.9 Å². The summed E-state index contributed by atoms with van der Waals surface area (Å²) in [5.41, 5.74) is 1.27. The first kappa shape index (κ1) is 20.8. The Labute approximate surface area is 173 Å². The number of rotatable bonds is 7. The fourth-order valence-corrected chi connectivity index (χ4v) is 3.37. The Morgan fingerprint density at radius 3 is 2.76 bits per heavy atom. The fraction of sp³-hybridized carbons (Fsp3) is 0.286. The lowest BCUT2D eigenvalue weighted by molar-refractivity contribution is 0.0717. The molecule has 8 heteroatoms. The van der Waals surface area contributed by atoms with Crippen LogP contribution in [0, 0.1) is 0 Å². The Bertz CT molecular complexity index is 1120. The van der Waals surface area contributed by atoms with Crippen LogP contribution in [0.25, 0.3) is 16.9 Å². The number of amides is 1. The molecule has 1 N–H and O–H groups in total. The Balaban J connectivity index is 2.15. The van der Waals surface area contributed by atoms with Gasteiger partial charge in [-0.3, -0.25) is 18.6 Å². The Hall–Kier alpha value is -2.90. The van der Waals surface area contributed by atoms with E-state index in [0.717, 1.165) is 0 Å². The molecule has 2 heterocycles. The van der Waals surface area contributed by atoms with Crippen molar-refractivity contribution in [3.8, 4) is 11.3 Å². The summed E-state index contributed by atoms with van der Waals surface area (Å²) in [4.78, 5) is 31.7. The van der Waals surface area contributed by atoms with E-state index in [1.165, 1.54) is 9.47 Å². The number of allylic oxidation sites excluding steroid dienone is 1. The number of carbonyl (C=O) groups is 1. The van der Waals surface area contributed by atoms with Crippen LogP contribution in [-0.4, -0.2) is 49.6 Å². The van der Waals surface area contributed by atoms with Gasteiger partial charge in [0.25, 0.3) is 11.5 Å². The van der Waals surface area contributed by atoms with Crippen LogP contribution in [0.2, 0.25) is 5.02 Å². The number of benzene rings is 1. The van der Waals surface area contributed by atoms with E-state index in [1.54, 1.807) is 36.0 Å². The van der Waals surface area contributed by atoms with Gasteiger partial charge in [0.05, 0.1) is 5.69 Å². The zero-order valence-corrected chi connectivity index (χ0v) is 17.1. The Kier molecular flexibility index (Phi) is 6.20. The van der Waals surface area contributed by atoms with Crippen LogP contribution in [0.5, 0.6) is 0 Å². The summed E-state index contributed by atoms with van der Waals surface area (Å²) < 4.78 is 3.08. The molecule has 29 heavy (non-hydrogen) atoms. The number of aromatic nitrogens is 3. The maximum atomic E-state index is 13.1. The summed E-state index contributed by atoms with van der Waals surface area (Å²) in [5.74, 6) is -0.316. The van der Waals surface area contributed by atoms with Crippen molar-refractivity contribution in [3.05, 3.63) is 70.4 Å². The molecule has 3 aromatic rings. The molecule has 2 aromatic heterocycles. The monoisotopic (exact) mass is 414 g/mol. The first-order chi connectivity index (χ1) is 13.9. The highest BCUT2D eigenvalue weighted by molar-refractivity contribution is 6.33. The van der Waals surface area contributed by atoms with Crippen molar-refractivity contribution in [2.45, 2.75) is 25.9 Å². The van der Waals surface area contributed by atoms with Gasteiger partial charge in [-0.05, 0) is 19.4 Å². The van der Waals surface area contributed by atoms with Crippen LogP contribution in [0.4, 0.5) is 0 Å². The van der Waals surface area contributed by atoms with Crippen molar-refractivity contribution in [3.63, 3.8) is 0 Å². The van der Waals surface area contributed by atoms with E-state index >= 15 is 0 Å². The summed E-state index contributed by atoms with van der Waals surface area (Å²) in [5, 5.41) is 9.62.